The topological polar surface area (TPSA) is 39.4 Å². The highest BCUT2D eigenvalue weighted by molar-refractivity contribution is 5.86. The lowest BCUT2D eigenvalue weighted by Gasteiger charge is -2.18. The largest absolute Gasteiger partial charge is 0.496 e. The van der Waals surface area contributed by atoms with Crippen LogP contribution in [0.3, 0.4) is 0 Å². The fraction of sp³-hybridized carbons (Fsp3) is 0.438. The lowest BCUT2D eigenvalue weighted by molar-refractivity contribution is 0.402. The first kappa shape index (κ1) is 13.7. The van der Waals surface area contributed by atoms with E-state index in [0.29, 0.717) is 11.5 Å². The molecule has 0 bridgehead atoms. The fourth-order valence-corrected chi connectivity index (χ4v) is 2.47. The summed E-state index contributed by atoms with van der Waals surface area (Å²) in [6, 6.07) is 3.63. The first-order chi connectivity index (χ1) is 8.99. The molecule has 1 aromatic carbocycles. The van der Waals surface area contributed by atoms with Gasteiger partial charge in [-0.15, -0.1) is 0 Å². The molecule has 0 N–H and O–H groups in total. The van der Waals surface area contributed by atoms with Crippen molar-refractivity contribution in [3.05, 3.63) is 39.2 Å². The van der Waals surface area contributed by atoms with Gasteiger partial charge in [0.1, 0.15) is 11.3 Å². The predicted molar refractivity (Wildman–Crippen MR) is 77.2 cm³/mol. The number of benzene rings is 1. The van der Waals surface area contributed by atoms with E-state index in [1.165, 1.54) is 11.6 Å². The van der Waals surface area contributed by atoms with E-state index in [2.05, 4.69) is 19.9 Å². The van der Waals surface area contributed by atoms with Crippen molar-refractivity contribution in [2.24, 2.45) is 0 Å². The number of rotatable bonds is 3. The molecule has 0 saturated heterocycles. The molecule has 0 amide bonds. The van der Waals surface area contributed by atoms with E-state index < -0.39 is 0 Å². The van der Waals surface area contributed by atoms with Gasteiger partial charge in [-0.3, -0.25) is 0 Å². The number of fused-ring (bicyclic) bond motifs is 1. The molecule has 0 saturated carbocycles. The summed E-state index contributed by atoms with van der Waals surface area (Å²) in [6.07, 6.45) is 1.04. The second-order valence-corrected chi connectivity index (χ2v) is 5.06. The summed E-state index contributed by atoms with van der Waals surface area (Å²) in [6.45, 7) is 8.21. The molecular weight excluding hydrogens is 240 g/mol. The van der Waals surface area contributed by atoms with Crippen LogP contribution in [0.1, 0.15) is 42.9 Å². The van der Waals surface area contributed by atoms with Crippen molar-refractivity contribution in [2.75, 3.05) is 7.11 Å². The molecule has 2 aromatic rings. The maximum absolute atomic E-state index is 11.5. The molecule has 102 valence electrons. The Morgan fingerprint density at radius 2 is 2.00 bits per heavy atom. The van der Waals surface area contributed by atoms with Crippen LogP contribution in [0.5, 0.6) is 5.75 Å². The highest BCUT2D eigenvalue weighted by Gasteiger charge is 2.17. The molecule has 19 heavy (non-hydrogen) atoms. The maximum Gasteiger partial charge on any atom is 0.336 e. The van der Waals surface area contributed by atoms with Gasteiger partial charge in [-0.25, -0.2) is 4.79 Å². The zero-order valence-electron chi connectivity index (χ0n) is 12.2. The lowest BCUT2D eigenvalue weighted by atomic mass is 9.92. The molecule has 0 aliphatic heterocycles. The van der Waals surface area contributed by atoms with Crippen LogP contribution in [-0.4, -0.2) is 7.11 Å². The van der Waals surface area contributed by atoms with Crippen LogP contribution < -0.4 is 10.4 Å². The molecule has 0 fully saturated rings. The highest BCUT2D eigenvalue weighted by Crippen LogP contribution is 2.37. The van der Waals surface area contributed by atoms with Gasteiger partial charge >= 0.3 is 5.63 Å². The molecule has 3 nitrogen and oxygen atoms in total. The van der Waals surface area contributed by atoms with Crippen molar-refractivity contribution >= 4 is 11.0 Å². The Labute approximate surface area is 113 Å². The summed E-state index contributed by atoms with van der Waals surface area (Å²) >= 11 is 0. The van der Waals surface area contributed by atoms with Crippen molar-refractivity contribution in [3.8, 4) is 5.75 Å². The van der Waals surface area contributed by atoms with Gasteiger partial charge in [-0.05, 0) is 43.4 Å². The van der Waals surface area contributed by atoms with Gasteiger partial charge < -0.3 is 9.15 Å². The lowest BCUT2D eigenvalue weighted by Crippen LogP contribution is -2.04. The predicted octanol–water partition coefficient (Wildman–Crippen LogP) is 3.93. The molecule has 0 aliphatic rings. The Kier molecular flexibility index (Phi) is 3.65. The number of hydrogen-bond acceptors (Lipinski definition) is 3. The second kappa shape index (κ2) is 5.08. The average molecular weight is 260 g/mol. The molecule has 1 atom stereocenters. The van der Waals surface area contributed by atoms with E-state index in [0.717, 1.165) is 28.7 Å². The van der Waals surface area contributed by atoms with Crippen molar-refractivity contribution in [3.63, 3.8) is 0 Å². The summed E-state index contributed by atoms with van der Waals surface area (Å²) in [5, 5.41) is 0.994. The van der Waals surface area contributed by atoms with E-state index in [1.807, 2.05) is 13.8 Å². The van der Waals surface area contributed by atoms with Crippen molar-refractivity contribution in [1.82, 2.24) is 0 Å². The van der Waals surface area contributed by atoms with E-state index in [1.54, 1.807) is 7.11 Å². The quantitative estimate of drug-likeness (QED) is 0.785. The van der Waals surface area contributed by atoms with Crippen LogP contribution in [0, 0.1) is 13.8 Å². The molecule has 1 aromatic heterocycles. The minimum Gasteiger partial charge on any atom is -0.496 e. The molecule has 0 radical (unpaired) electrons. The standard InChI is InChI=1S/C16H20O3/c1-6-9(2)12-8-13-10(3)7-14(17)19-16(13)11(4)15(12)18-5/h7-9H,6H2,1-5H3. The number of ether oxygens (including phenoxy) is 1. The summed E-state index contributed by atoms with van der Waals surface area (Å²) in [5.74, 6) is 1.24. The van der Waals surface area contributed by atoms with Crippen molar-refractivity contribution in [1.29, 1.82) is 0 Å². The van der Waals surface area contributed by atoms with Crippen LogP contribution in [-0.2, 0) is 0 Å². The number of methoxy groups -OCH3 is 1. The molecular formula is C16H20O3. The SMILES string of the molecule is CCC(C)c1cc2c(C)cc(=O)oc2c(C)c1OC. The van der Waals surface area contributed by atoms with E-state index in [9.17, 15) is 4.79 Å². The zero-order chi connectivity index (χ0) is 14.2. The Hall–Kier alpha value is -1.77. The average Bonchev–Trinajstić information content (AvgIpc) is 2.38. The Bertz CT molecular complexity index is 668. The first-order valence-electron chi connectivity index (χ1n) is 6.61. The molecule has 1 unspecified atom stereocenters. The first-order valence-corrected chi connectivity index (χ1v) is 6.61. The van der Waals surface area contributed by atoms with Crippen LogP contribution >= 0.6 is 0 Å². The van der Waals surface area contributed by atoms with Gasteiger partial charge in [-0.2, -0.15) is 0 Å². The minimum absolute atomic E-state index is 0.313. The maximum atomic E-state index is 11.5. The van der Waals surface area contributed by atoms with Gasteiger partial charge in [0.15, 0.2) is 0 Å². The van der Waals surface area contributed by atoms with E-state index >= 15 is 0 Å². The van der Waals surface area contributed by atoms with Crippen molar-refractivity contribution in [2.45, 2.75) is 40.0 Å². The Balaban J connectivity index is 2.89. The van der Waals surface area contributed by atoms with Crippen molar-refractivity contribution < 1.29 is 9.15 Å². The van der Waals surface area contributed by atoms with Gasteiger partial charge in [-0.1, -0.05) is 13.8 Å². The van der Waals surface area contributed by atoms with Crippen LogP contribution in [0.15, 0.2) is 21.3 Å². The van der Waals surface area contributed by atoms with Gasteiger partial charge in [0.2, 0.25) is 0 Å². The smallest absolute Gasteiger partial charge is 0.336 e. The third-order valence-electron chi connectivity index (χ3n) is 3.80. The third-order valence-corrected chi connectivity index (χ3v) is 3.80. The van der Waals surface area contributed by atoms with Crippen LogP contribution in [0.2, 0.25) is 0 Å². The summed E-state index contributed by atoms with van der Waals surface area (Å²) < 4.78 is 10.9. The van der Waals surface area contributed by atoms with Gasteiger partial charge in [0, 0.05) is 17.0 Å². The Morgan fingerprint density at radius 3 is 2.58 bits per heavy atom. The zero-order valence-corrected chi connectivity index (χ0v) is 12.2. The molecule has 2 rings (SSSR count). The highest BCUT2D eigenvalue weighted by atomic mass is 16.5. The molecule has 0 aliphatic carbocycles. The monoisotopic (exact) mass is 260 g/mol. The molecule has 3 heteroatoms. The summed E-state index contributed by atoms with van der Waals surface area (Å²) in [5.41, 5.74) is 3.34. The number of hydrogen-bond donors (Lipinski definition) is 0. The Morgan fingerprint density at radius 1 is 1.32 bits per heavy atom. The summed E-state index contributed by atoms with van der Waals surface area (Å²) in [7, 11) is 1.66. The fourth-order valence-electron chi connectivity index (χ4n) is 2.47. The number of aryl methyl sites for hydroxylation is 2. The molecule has 0 spiro atoms. The van der Waals surface area contributed by atoms with Crippen LogP contribution in [0.25, 0.3) is 11.0 Å². The second-order valence-electron chi connectivity index (χ2n) is 5.06. The normalized spacial score (nSPS) is 12.7. The third kappa shape index (κ3) is 2.25. The van der Waals surface area contributed by atoms with E-state index in [4.69, 9.17) is 9.15 Å². The van der Waals surface area contributed by atoms with Gasteiger partial charge in [0.25, 0.3) is 0 Å². The van der Waals surface area contributed by atoms with E-state index in [-0.39, 0.29) is 5.63 Å². The molecule has 1 heterocycles. The van der Waals surface area contributed by atoms with Gasteiger partial charge in [0.05, 0.1) is 7.11 Å². The summed E-state index contributed by atoms with van der Waals surface area (Å²) in [4.78, 5) is 11.5. The van der Waals surface area contributed by atoms with Crippen LogP contribution in [0.4, 0.5) is 0 Å². The minimum atomic E-state index is -0.313.